The van der Waals surface area contributed by atoms with Crippen molar-refractivity contribution in [3.05, 3.63) is 54.3 Å². The lowest BCUT2D eigenvalue weighted by Gasteiger charge is -2.00. The Morgan fingerprint density at radius 1 is 1.14 bits per heavy atom. The van der Waals surface area contributed by atoms with Crippen LogP contribution in [0.4, 0.5) is 0 Å². The van der Waals surface area contributed by atoms with Gasteiger partial charge in [0.05, 0.1) is 26.5 Å². The van der Waals surface area contributed by atoms with Crippen molar-refractivity contribution in [2.75, 3.05) is 7.11 Å². The van der Waals surface area contributed by atoms with Gasteiger partial charge in [0.15, 0.2) is 0 Å². The van der Waals surface area contributed by atoms with E-state index in [0.717, 1.165) is 17.1 Å². The summed E-state index contributed by atoms with van der Waals surface area (Å²) in [4.78, 5) is 0. The van der Waals surface area contributed by atoms with E-state index in [-0.39, 0.29) is 0 Å². The maximum absolute atomic E-state index is 5.62. The van der Waals surface area contributed by atoms with Gasteiger partial charge in [0, 0.05) is 5.56 Å². The average molecular weight is 285 g/mol. The van der Waals surface area contributed by atoms with Gasteiger partial charge in [-0.15, -0.1) is 10.2 Å². The quantitative estimate of drug-likeness (QED) is 0.750. The summed E-state index contributed by atoms with van der Waals surface area (Å²) in [6.07, 6.45) is 1.64. The lowest BCUT2D eigenvalue weighted by molar-refractivity contribution is 0.414. The summed E-state index contributed by atoms with van der Waals surface area (Å²) in [6, 6.07) is 11.3. The van der Waals surface area contributed by atoms with Crippen LogP contribution in [0.15, 0.2) is 51.5 Å². The second-order valence-corrected chi connectivity index (χ2v) is 4.42. The van der Waals surface area contributed by atoms with Crippen molar-refractivity contribution >= 4 is 0 Å². The van der Waals surface area contributed by atoms with Crippen LogP contribution in [-0.4, -0.2) is 17.3 Å². The molecule has 2 aromatic heterocycles. The summed E-state index contributed by atoms with van der Waals surface area (Å²) in [5.74, 6) is 2.62. The van der Waals surface area contributed by atoms with Crippen molar-refractivity contribution in [1.29, 1.82) is 0 Å². The molecule has 0 atom stereocenters. The first-order valence-corrected chi connectivity index (χ1v) is 6.55. The highest BCUT2D eigenvalue weighted by Crippen LogP contribution is 2.22. The third-order valence-corrected chi connectivity index (χ3v) is 2.94. The van der Waals surface area contributed by atoms with Crippen LogP contribution < -0.4 is 10.1 Å². The molecule has 0 fully saturated rings. The normalized spacial score (nSPS) is 10.7. The second kappa shape index (κ2) is 6.23. The third-order valence-electron chi connectivity index (χ3n) is 2.94. The molecule has 3 rings (SSSR count). The molecule has 21 heavy (non-hydrogen) atoms. The topological polar surface area (TPSA) is 73.3 Å². The van der Waals surface area contributed by atoms with Crippen molar-refractivity contribution in [3.63, 3.8) is 0 Å². The van der Waals surface area contributed by atoms with Crippen LogP contribution >= 0.6 is 0 Å². The van der Waals surface area contributed by atoms with Gasteiger partial charge < -0.3 is 18.9 Å². The second-order valence-electron chi connectivity index (χ2n) is 4.42. The first-order chi connectivity index (χ1) is 10.3. The van der Waals surface area contributed by atoms with Gasteiger partial charge in [0.1, 0.15) is 11.5 Å². The largest absolute Gasteiger partial charge is 0.497 e. The summed E-state index contributed by atoms with van der Waals surface area (Å²) in [5.41, 5.74) is 0.833. The number of methoxy groups -OCH3 is 1. The van der Waals surface area contributed by atoms with E-state index in [2.05, 4.69) is 15.5 Å². The molecule has 0 aliphatic heterocycles. The predicted octanol–water partition coefficient (Wildman–Crippen LogP) is 2.63. The third kappa shape index (κ3) is 3.29. The van der Waals surface area contributed by atoms with Crippen LogP contribution in [0.2, 0.25) is 0 Å². The maximum Gasteiger partial charge on any atom is 0.247 e. The van der Waals surface area contributed by atoms with Crippen LogP contribution in [0.1, 0.15) is 11.7 Å². The number of hydrogen-bond donors (Lipinski definition) is 1. The molecule has 108 valence electrons. The van der Waals surface area contributed by atoms with Crippen LogP contribution in [0, 0.1) is 0 Å². The molecule has 0 saturated carbocycles. The van der Waals surface area contributed by atoms with Gasteiger partial charge in [-0.2, -0.15) is 0 Å². The Kier molecular flexibility index (Phi) is 3.97. The molecule has 3 aromatic rings. The molecule has 0 bridgehead atoms. The summed E-state index contributed by atoms with van der Waals surface area (Å²) >= 11 is 0. The van der Waals surface area contributed by atoms with Gasteiger partial charge in [-0.25, -0.2) is 0 Å². The zero-order chi connectivity index (χ0) is 14.5. The molecule has 6 heteroatoms. The summed E-state index contributed by atoms with van der Waals surface area (Å²) < 4.78 is 16.0. The molecule has 2 heterocycles. The van der Waals surface area contributed by atoms with Gasteiger partial charge in [-0.05, 0) is 30.3 Å². The molecular formula is C15H15N3O3. The zero-order valence-electron chi connectivity index (χ0n) is 11.6. The minimum atomic E-state index is 0.476. The summed E-state index contributed by atoms with van der Waals surface area (Å²) in [7, 11) is 1.62. The van der Waals surface area contributed by atoms with E-state index >= 15 is 0 Å². The first-order valence-electron chi connectivity index (χ1n) is 6.55. The Bertz CT molecular complexity index is 692. The lowest BCUT2D eigenvalue weighted by Crippen LogP contribution is -2.12. The highest BCUT2D eigenvalue weighted by Gasteiger charge is 2.09. The van der Waals surface area contributed by atoms with E-state index in [4.69, 9.17) is 13.6 Å². The molecular weight excluding hydrogens is 270 g/mol. The molecule has 0 spiro atoms. The summed E-state index contributed by atoms with van der Waals surface area (Å²) in [6.45, 7) is 1.10. The monoisotopic (exact) mass is 285 g/mol. The Morgan fingerprint density at radius 2 is 2.10 bits per heavy atom. The molecule has 0 aliphatic carbocycles. The van der Waals surface area contributed by atoms with E-state index in [9.17, 15) is 0 Å². The van der Waals surface area contributed by atoms with Crippen molar-refractivity contribution < 1.29 is 13.6 Å². The minimum absolute atomic E-state index is 0.476. The molecule has 0 amide bonds. The number of hydrogen-bond acceptors (Lipinski definition) is 6. The molecule has 0 saturated heterocycles. The van der Waals surface area contributed by atoms with Crippen LogP contribution in [0.25, 0.3) is 11.5 Å². The molecule has 1 aromatic carbocycles. The molecule has 0 radical (unpaired) electrons. The fraction of sp³-hybridized carbons (Fsp3) is 0.200. The van der Waals surface area contributed by atoms with E-state index in [0.29, 0.717) is 24.9 Å². The fourth-order valence-electron chi connectivity index (χ4n) is 1.90. The van der Waals surface area contributed by atoms with E-state index in [1.807, 2.05) is 36.4 Å². The van der Waals surface area contributed by atoms with Gasteiger partial charge >= 0.3 is 0 Å². The number of benzene rings is 1. The first kappa shape index (κ1) is 13.4. The predicted molar refractivity (Wildman–Crippen MR) is 75.5 cm³/mol. The van der Waals surface area contributed by atoms with Crippen LogP contribution in [-0.2, 0) is 13.1 Å². The molecule has 1 N–H and O–H groups in total. The van der Waals surface area contributed by atoms with Gasteiger partial charge in [0.25, 0.3) is 0 Å². The maximum atomic E-state index is 5.62. The Hall–Kier alpha value is -2.60. The van der Waals surface area contributed by atoms with Crippen molar-refractivity contribution in [2.45, 2.75) is 13.1 Å². The van der Waals surface area contributed by atoms with Gasteiger partial charge in [-0.1, -0.05) is 6.07 Å². The van der Waals surface area contributed by atoms with Crippen LogP contribution in [0.3, 0.4) is 0 Å². The molecule has 0 aliphatic rings. The SMILES string of the molecule is COc1cccc(-c2nnc(CNCc3ccco3)o2)c1. The average Bonchev–Trinajstić information content (AvgIpc) is 3.19. The highest BCUT2D eigenvalue weighted by atomic mass is 16.5. The minimum Gasteiger partial charge on any atom is -0.497 e. The number of ether oxygens (including phenoxy) is 1. The molecule has 6 nitrogen and oxygen atoms in total. The lowest BCUT2D eigenvalue weighted by atomic mass is 10.2. The van der Waals surface area contributed by atoms with Crippen molar-refractivity contribution in [2.24, 2.45) is 0 Å². The van der Waals surface area contributed by atoms with Crippen molar-refractivity contribution in [1.82, 2.24) is 15.5 Å². The number of rotatable bonds is 6. The number of furan rings is 1. The fourth-order valence-corrected chi connectivity index (χ4v) is 1.90. The highest BCUT2D eigenvalue weighted by molar-refractivity contribution is 5.55. The van der Waals surface area contributed by atoms with E-state index < -0.39 is 0 Å². The number of nitrogens with zero attached hydrogens (tertiary/aromatic N) is 2. The smallest absolute Gasteiger partial charge is 0.247 e. The summed E-state index contributed by atoms with van der Waals surface area (Å²) in [5, 5.41) is 11.2. The van der Waals surface area contributed by atoms with Crippen LogP contribution in [0.5, 0.6) is 5.75 Å². The Labute approximate surface area is 121 Å². The standard InChI is InChI=1S/C15H15N3O3/c1-19-12-5-2-4-11(8-12)15-18-17-14(21-15)10-16-9-13-6-3-7-20-13/h2-8,16H,9-10H2,1H3. The zero-order valence-corrected chi connectivity index (χ0v) is 11.6. The Morgan fingerprint density at radius 3 is 2.90 bits per heavy atom. The number of nitrogens with one attached hydrogen (secondary N) is 1. The van der Waals surface area contributed by atoms with Gasteiger partial charge in [0.2, 0.25) is 11.8 Å². The number of aromatic nitrogens is 2. The van der Waals surface area contributed by atoms with Gasteiger partial charge in [-0.3, -0.25) is 0 Å². The van der Waals surface area contributed by atoms with E-state index in [1.54, 1.807) is 13.4 Å². The van der Waals surface area contributed by atoms with E-state index in [1.165, 1.54) is 0 Å². The molecule has 0 unspecified atom stereocenters. The van der Waals surface area contributed by atoms with Crippen molar-refractivity contribution in [3.8, 4) is 17.2 Å². The Balaban J connectivity index is 1.62.